The average Bonchev–Trinajstić information content (AvgIpc) is 3.00. The Labute approximate surface area is 118 Å². The lowest BCUT2D eigenvalue weighted by Gasteiger charge is -2.21. The van der Waals surface area contributed by atoms with Gasteiger partial charge in [0, 0.05) is 18.7 Å². The third-order valence-corrected chi connectivity index (χ3v) is 3.49. The molecule has 5 heteroatoms. The highest BCUT2D eigenvalue weighted by atomic mass is 16.5. The lowest BCUT2D eigenvalue weighted by Crippen LogP contribution is -2.45. The maximum Gasteiger partial charge on any atom is 0.251 e. The molecule has 1 saturated heterocycles. The van der Waals surface area contributed by atoms with E-state index in [2.05, 4.69) is 5.32 Å². The van der Waals surface area contributed by atoms with E-state index in [1.165, 1.54) is 0 Å². The van der Waals surface area contributed by atoms with E-state index in [-0.39, 0.29) is 11.8 Å². The van der Waals surface area contributed by atoms with E-state index in [1.54, 1.807) is 43.2 Å². The molecule has 0 spiro atoms. The van der Waals surface area contributed by atoms with Gasteiger partial charge in [0.1, 0.15) is 11.8 Å². The lowest BCUT2D eigenvalue weighted by atomic mass is 10.2. The van der Waals surface area contributed by atoms with Crippen molar-refractivity contribution in [2.45, 2.75) is 25.8 Å². The van der Waals surface area contributed by atoms with Crippen LogP contribution in [0.3, 0.4) is 0 Å². The number of carbonyl (C=O) groups is 2. The van der Waals surface area contributed by atoms with Crippen LogP contribution in [0.5, 0.6) is 5.75 Å². The fraction of sp³-hybridized carbons (Fsp3) is 0.467. The summed E-state index contributed by atoms with van der Waals surface area (Å²) in [5.74, 6) is 0.444. The number of carbonyl (C=O) groups excluding carboxylic acids is 2. The number of nitrogens with one attached hydrogen (secondary N) is 1. The van der Waals surface area contributed by atoms with Crippen LogP contribution in [0.25, 0.3) is 0 Å². The van der Waals surface area contributed by atoms with Crippen molar-refractivity contribution >= 4 is 11.8 Å². The van der Waals surface area contributed by atoms with Gasteiger partial charge in [0.25, 0.3) is 5.91 Å². The number of likely N-dealkylation sites (tertiary alicyclic amines) is 1. The Morgan fingerprint density at radius 3 is 2.35 bits per heavy atom. The molecule has 1 aromatic rings. The van der Waals surface area contributed by atoms with Crippen LogP contribution in [0.2, 0.25) is 0 Å². The molecule has 1 atom stereocenters. The molecule has 0 saturated carbocycles. The summed E-state index contributed by atoms with van der Waals surface area (Å²) in [4.78, 5) is 26.0. The van der Waals surface area contributed by atoms with E-state index < -0.39 is 6.04 Å². The molecule has 0 unspecified atom stereocenters. The van der Waals surface area contributed by atoms with Crippen molar-refractivity contribution in [3.8, 4) is 5.75 Å². The first kappa shape index (κ1) is 14.4. The number of benzene rings is 1. The fourth-order valence-electron chi connectivity index (χ4n) is 2.30. The van der Waals surface area contributed by atoms with Gasteiger partial charge in [-0.3, -0.25) is 9.59 Å². The second kappa shape index (κ2) is 6.41. The van der Waals surface area contributed by atoms with Crippen LogP contribution in [-0.4, -0.2) is 43.0 Å². The predicted molar refractivity (Wildman–Crippen MR) is 75.7 cm³/mol. The number of hydrogen-bond acceptors (Lipinski definition) is 3. The van der Waals surface area contributed by atoms with E-state index in [9.17, 15) is 9.59 Å². The van der Waals surface area contributed by atoms with E-state index in [4.69, 9.17) is 4.74 Å². The zero-order chi connectivity index (χ0) is 14.5. The molecule has 1 aliphatic heterocycles. The van der Waals surface area contributed by atoms with Gasteiger partial charge >= 0.3 is 0 Å². The maximum atomic E-state index is 12.1. The first-order chi connectivity index (χ1) is 9.61. The Hall–Kier alpha value is -2.04. The molecular formula is C15H20N2O3. The second-order valence-electron chi connectivity index (χ2n) is 4.96. The topological polar surface area (TPSA) is 58.6 Å². The summed E-state index contributed by atoms with van der Waals surface area (Å²) in [6.45, 7) is 3.31. The highest BCUT2D eigenvalue weighted by Gasteiger charge is 2.24. The Bertz CT molecular complexity index is 478. The summed E-state index contributed by atoms with van der Waals surface area (Å²) in [7, 11) is 1.58. The summed E-state index contributed by atoms with van der Waals surface area (Å²) in [6.07, 6.45) is 2.09. The molecule has 0 aromatic heterocycles. The highest BCUT2D eigenvalue weighted by molar-refractivity contribution is 5.97. The Morgan fingerprint density at radius 2 is 1.80 bits per heavy atom. The van der Waals surface area contributed by atoms with Crippen LogP contribution in [0.15, 0.2) is 24.3 Å². The van der Waals surface area contributed by atoms with Gasteiger partial charge in [-0.2, -0.15) is 0 Å². The van der Waals surface area contributed by atoms with E-state index in [0.717, 1.165) is 25.9 Å². The van der Waals surface area contributed by atoms with E-state index >= 15 is 0 Å². The Morgan fingerprint density at radius 1 is 1.20 bits per heavy atom. The van der Waals surface area contributed by atoms with Crippen molar-refractivity contribution in [3.05, 3.63) is 29.8 Å². The molecule has 0 aliphatic carbocycles. The second-order valence-corrected chi connectivity index (χ2v) is 4.96. The summed E-state index contributed by atoms with van der Waals surface area (Å²) in [6, 6.07) is 6.31. The number of amides is 2. The normalized spacial score (nSPS) is 15.8. The van der Waals surface area contributed by atoms with Gasteiger partial charge < -0.3 is 15.0 Å². The smallest absolute Gasteiger partial charge is 0.251 e. The molecule has 1 aliphatic rings. The average molecular weight is 276 g/mol. The first-order valence-electron chi connectivity index (χ1n) is 6.85. The van der Waals surface area contributed by atoms with Crippen LogP contribution in [-0.2, 0) is 4.79 Å². The van der Waals surface area contributed by atoms with Crippen molar-refractivity contribution in [3.63, 3.8) is 0 Å². The highest BCUT2D eigenvalue weighted by Crippen LogP contribution is 2.12. The van der Waals surface area contributed by atoms with Crippen LogP contribution in [0.4, 0.5) is 0 Å². The largest absolute Gasteiger partial charge is 0.497 e. The molecule has 0 bridgehead atoms. The van der Waals surface area contributed by atoms with Crippen molar-refractivity contribution in [1.29, 1.82) is 0 Å². The van der Waals surface area contributed by atoms with Gasteiger partial charge in [-0.05, 0) is 44.0 Å². The summed E-state index contributed by atoms with van der Waals surface area (Å²) in [5.41, 5.74) is 0.520. The summed E-state index contributed by atoms with van der Waals surface area (Å²) < 4.78 is 5.04. The maximum absolute atomic E-state index is 12.1. The zero-order valence-corrected chi connectivity index (χ0v) is 11.9. The molecule has 20 heavy (non-hydrogen) atoms. The molecule has 2 rings (SSSR count). The van der Waals surface area contributed by atoms with Crippen LogP contribution >= 0.6 is 0 Å². The molecule has 1 heterocycles. The van der Waals surface area contributed by atoms with Crippen LogP contribution in [0, 0.1) is 0 Å². The molecule has 1 aromatic carbocycles. The van der Waals surface area contributed by atoms with E-state index in [0.29, 0.717) is 11.3 Å². The first-order valence-corrected chi connectivity index (χ1v) is 6.85. The van der Waals surface area contributed by atoms with E-state index in [1.807, 2.05) is 0 Å². The fourth-order valence-corrected chi connectivity index (χ4v) is 2.30. The van der Waals surface area contributed by atoms with Crippen molar-refractivity contribution < 1.29 is 14.3 Å². The molecule has 0 radical (unpaired) electrons. The number of ether oxygens (including phenoxy) is 1. The molecule has 1 N–H and O–H groups in total. The van der Waals surface area contributed by atoms with Crippen molar-refractivity contribution in [2.75, 3.05) is 20.2 Å². The molecule has 1 fully saturated rings. The molecule has 108 valence electrons. The zero-order valence-electron chi connectivity index (χ0n) is 11.9. The minimum atomic E-state index is -0.497. The minimum absolute atomic E-state index is 0.00985. The van der Waals surface area contributed by atoms with Gasteiger partial charge in [0.2, 0.25) is 5.91 Å². The third-order valence-electron chi connectivity index (χ3n) is 3.49. The van der Waals surface area contributed by atoms with Gasteiger partial charge in [0.05, 0.1) is 7.11 Å². The number of hydrogen-bond donors (Lipinski definition) is 1. The molecule has 2 amide bonds. The third kappa shape index (κ3) is 3.29. The van der Waals surface area contributed by atoms with Crippen molar-refractivity contribution in [2.24, 2.45) is 0 Å². The standard InChI is InChI=1S/C15H20N2O3/c1-11(15(19)17-9-3-4-10-17)16-14(18)12-5-7-13(20-2)8-6-12/h5-8,11H,3-4,9-10H2,1-2H3,(H,16,18)/t11-/m0/s1. The minimum Gasteiger partial charge on any atom is -0.497 e. The van der Waals surface area contributed by atoms with Gasteiger partial charge in [-0.1, -0.05) is 0 Å². The Kier molecular flexibility index (Phi) is 4.61. The van der Waals surface area contributed by atoms with Crippen LogP contribution in [0.1, 0.15) is 30.1 Å². The van der Waals surface area contributed by atoms with Crippen molar-refractivity contribution in [1.82, 2.24) is 10.2 Å². The molecular weight excluding hydrogens is 256 g/mol. The number of methoxy groups -OCH3 is 1. The summed E-state index contributed by atoms with van der Waals surface area (Å²) >= 11 is 0. The van der Waals surface area contributed by atoms with Gasteiger partial charge in [-0.15, -0.1) is 0 Å². The predicted octanol–water partition coefficient (Wildman–Crippen LogP) is 1.44. The lowest BCUT2D eigenvalue weighted by molar-refractivity contribution is -0.131. The quantitative estimate of drug-likeness (QED) is 0.905. The number of nitrogens with zero attached hydrogens (tertiary/aromatic N) is 1. The number of rotatable bonds is 4. The van der Waals surface area contributed by atoms with Crippen LogP contribution < -0.4 is 10.1 Å². The monoisotopic (exact) mass is 276 g/mol. The molecule has 5 nitrogen and oxygen atoms in total. The van der Waals surface area contributed by atoms with Gasteiger partial charge in [0.15, 0.2) is 0 Å². The van der Waals surface area contributed by atoms with Gasteiger partial charge in [-0.25, -0.2) is 0 Å². The SMILES string of the molecule is COc1ccc(C(=O)N[C@@H](C)C(=O)N2CCCC2)cc1. The Balaban J connectivity index is 1.93. The summed E-state index contributed by atoms with van der Waals surface area (Å²) in [5, 5.41) is 2.74.